The van der Waals surface area contributed by atoms with Crippen LogP contribution in [0.5, 0.6) is 0 Å². The molecule has 100 valence electrons. The molecule has 1 atom stereocenters. The van der Waals surface area contributed by atoms with E-state index in [1.807, 2.05) is 6.92 Å². The molecule has 19 heavy (non-hydrogen) atoms. The number of halogens is 2. The lowest BCUT2D eigenvalue weighted by atomic mass is 10.1. The van der Waals surface area contributed by atoms with Crippen LogP contribution in [0.15, 0.2) is 30.6 Å². The van der Waals surface area contributed by atoms with Gasteiger partial charge in [-0.15, -0.1) is 0 Å². The zero-order chi connectivity index (χ0) is 13.8. The van der Waals surface area contributed by atoms with E-state index in [1.54, 1.807) is 0 Å². The first kappa shape index (κ1) is 13.4. The normalized spacial score (nSPS) is 12.2. The molecule has 6 heteroatoms. The Morgan fingerprint density at radius 2 is 1.95 bits per heavy atom. The van der Waals surface area contributed by atoms with Crippen LogP contribution in [-0.4, -0.2) is 22.6 Å². The third-order valence-corrected chi connectivity index (χ3v) is 2.62. The number of anilines is 1. The highest BCUT2D eigenvalue weighted by molar-refractivity contribution is 5.62. The summed E-state index contributed by atoms with van der Waals surface area (Å²) >= 11 is 0. The Labute approximate surface area is 109 Å². The molecule has 0 spiro atoms. The molecule has 1 unspecified atom stereocenters. The van der Waals surface area contributed by atoms with E-state index in [0.717, 1.165) is 18.2 Å². The monoisotopic (exact) mass is 264 g/mol. The third kappa shape index (κ3) is 3.23. The summed E-state index contributed by atoms with van der Waals surface area (Å²) in [4.78, 5) is 8.09. The van der Waals surface area contributed by atoms with Crippen LogP contribution in [0.4, 0.5) is 14.7 Å². The Morgan fingerprint density at radius 3 is 2.58 bits per heavy atom. The highest BCUT2D eigenvalue weighted by Gasteiger charge is 2.08. The number of nitrogens with two attached hydrogens (primary N) is 1. The molecule has 0 saturated heterocycles. The molecular weight excluding hydrogens is 250 g/mol. The van der Waals surface area contributed by atoms with E-state index in [2.05, 4.69) is 15.3 Å². The minimum Gasteiger partial charge on any atom is -0.351 e. The molecule has 4 nitrogen and oxygen atoms in total. The molecule has 0 bridgehead atoms. The Kier molecular flexibility index (Phi) is 4.01. The van der Waals surface area contributed by atoms with E-state index in [-0.39, 0.29) is 11.6 Å². The van der Waals surface area contributed by atoms with Crippen LogP contribution >= 0.6 is 0 Å². The van der Waals surface area contributed by atoms with E-state index >= 15 is 0 Å². The summed E-state index contributed by atoms with van der Waals surface area (Å²) in [6, 6.07) is 3.30. The largest absolute Gasteiger partial charge is 0.351 e. The quantitative estimate of drug-likeness (QED) is 0.888. The molecule has 0 radical (unpaired) electrons. The average molecular weight is 264 g/mol. The number of hydrogen-bond acceptors (Lipinski definition) is 4. The number of aromatic nitrogens is 2. The highest BCUT2D eigenvalue weighted by Crippen LogP contribution is 2.22. The molecule has 0 saturated carbocycles. The van der Waals surface area contributed by atoms with E-state index < -0.39 is 11.6 Å². The van der Waals surface area contributed by atoms with Crippen molar-refractivity contribution in [2.24, 2.45) is 5.73 Å². The lowest BCUT2D eigenvalue weighted by Gasteiger charge is -2.11. The number of hydrogen-bond donors (Lipinski definition) is 2. The standard InChI is InChI=1S/C13H14F2N4/c1-8(5-16)19-13-17-6-9(7-18-13)11-4-10(14)2-3-12(11)15/h2-4,6-8H,5,16H2,1H3,(H,17,18,19). The molecule has 1 aromatic heterocycles. The highest BCUT2D eigenvalue weighted by atomic mass is 19.1. The number of benzene rings is 1. The number of nitrogens with one attached hydrogen (secondary N) is 1. The lowest BCUT2D eigenvalue weighted by Crippen LogP contribution is -2.26. The maximum atomic E-state index is 13.6. The van der Waals surface area contributed by atoms with Gasteiger partial charge in [0.15, 0.2) is 0 Å². The zero-order valence-electron chi connectivity index (χ0n) is 10.4. The maximum Gasteiger partial charge on any atom is 0.222 e. The van der Waals surface area contributed by atoms with Gasteiger partial charge in [0.05, 0.1) is 0 Å². The van der Waals surface area contributed by atoms with Crippen molar-refractivity contribution in [2.45, 2.75) is 13.0 Å². The van der Waals surface area contributed by atoms with Crippen molar-refractivity contribution in [1.82, 2.24) is 9.97 Å². The Bertz CT molecular complexity index is 557. The lowest BCUT2D eigenvalue weighted by molar-refractivity contribution is 0.603. The molecule has 1 aromatic carbocycles. The minimum absolute atomic E-state index is 0.0387. The van der Waals surface area contributed by atoms with Gasteiger partial charge >= 0.3 is 0 Å². The molecule has 0 fully saturated rings. The first-order chi connectivity index (χ1) is 9.10. The van der Waals surface area contributed by atoms with E-state index in [9.17, 15) is 8.78 Å². The Morgan fingerprint density at radius 1 is 1.26 bits per heavy atom. The fourth-order valence-electron chi connectivity index (χ4n) is 1.54. The smallest absolute Gasteiger partial charge is 0.222 e. The minimum atomic E-state index is -0.513. The second-order valence-electron chi connectivity index (χ2n) is 4.20. The van der Waals surface area contributed by atoms with Crippen molar-refractivity contribution >= 4 is 5.95 Å². The van der Waals surface area contributed by atoms with Crippen LogP contribution in [0, 0.1) is 11.6 Å². The van der Waals surface area contributed by atoms with Crippen molar-refractivity contribution in [2.75, 3.05) is 11.9 Å². The van der Waals surface area contributed by atoms with Crippen molar-refractivity contribution in [3.8, 4) is 11.1 Å². The summed E-state index contributed by atoms with van der Waals surface area (Å²) in [7, 11) is 0. The van der Waals surface area contributed by atoms with Gasteiger partial charge < -0.3 is 11.1 Å². The van der Waals surface area contributed by atoms with Gasteiger partial charge in [0.2, 0.25) is 5.95 Å². The molecular formula is C13H14F2N4. The van der Waals surface area contributed by atoms with Crippen LogP contribution < -0.4 is 11.1 Å². The van der Waals surface area contributed by atoms with Crippen LogP contribution in [0.3, 0.4) is 0 Å². The van der Waals surface area contributed by atoms with Crippen LogP contribution in [0.2, 0.25) is 0 Å². The third-order valence-electron chi connectivity index (χ3n) is 2.62. The summed E-state index contributed by atoms with van der Waals surface area (Å²) in [6.07, 6.45) is 2.88. The maximum absolute atomic E-state index is 13.6. The first-order valence-corrected chi connectivity index (χ1v) is 5.84. The van der Waals surface area contributed by atoms with Gasteiger partial charge in [-0.3, -0.25) is 0 Å². The second-order valence-corrected chi connectivity index (χ2v) is 4.20. The molecule has 0 amide bonds. The first-order valence-electron chi connectivity index (χ1n) is 5.84. The molecule has 2 aromatic rings. The van der Waals surface area contributed by atoms with Crippen LogP contribution in [0.25, 0.3) is 11.1 Å². The zero-order valence-corrected chi connectivity index (χ0v) is 10.4. The fraction of sp³-hybridized carbons (Fsp3) is 0.231. The molecule has 0 aliphatic heterocycles. The van der Waals surface area contributed by atoms with Gasteiger partial charge in [0, 0.05) is 36.1 Å². The average Bonchev–Trinajstić information content (AvgIpc) is 2.42. The summed E-state index contributed by atoms with van der Waals surface area (Å²) in [5.74, 6) is -0.616. The molecule has 0 aliphatic carbocycles. The summed E-state index contributed by atoms with van der Waals surface area (Å²) in [6.45, 7) is 2.34. The number of nitrogens with zero attached hydrogens (tertiary/aromatic N) is 2. The predicted octanol–water partition coefficient (Wildman–Crippen LogP) is 2.18. The molecule has 3 N–H and O–H groups in total. The SMILES string of the molecule is CC(CN)Nc1ncc(-c2cc(F)ccc2F)cn1. The predicted molar refractivity (Wildman–Crippen MR) is 69.5 cm³/mol. The van der Waals surface area contributed by atoms with Crippen molar-refractivity contribution in [1.29, 1.82) is 0 Å². The summed E-state index contributed by atoms with van der Waals surface area (Å²) in [5, 5.41) is 2.98. The molecule has 2 rings (SSSR count). The Balaban J connectivity index is 2.25. The second kappa shape index (κ2) is 5.71. The van der Waals surface area contributed by atoms with Crippen molar-refractivity contribution in [3.05, 3.63) is 42.2 Å². The topological polar surface area (TPSA) is 63.8 Å². The molecule has 0 aliphatic rings. The van der Waals surface area contributed by atoms with Crippen molar-refractivity contribution in [3.63, 3.8) is 0 Å². The van der Waals surface area contributed by atoms with Crippen molar-refractivity contribution < 1.29 is 8.78 Å². The van der Waals surface area contributed by atoms with Crippen LogP contribution in [-0.2, 0) is 0 Å². The van der Waals surface area contributed by atoms with Gasteiger partial charge in [0.1, 0.15) is 11.6 Å². The Hall–Kier alpha value is -2.08. The fourth-order valence-corrected chi connectivity index (χ4v) is 1.54. The van der Waals surface area contributed by atoms with Gasteiger partial charge in [-0.2, -0.15) is 0 Å². The summed E-state index contributed by atoms with van der Waals surface area (Å²) < 4.78 is 26.7. The van der Waals surface area contributed by atoms with E-state index in [4.69, 9.17) is 5.73 Å². The summed E-state index contributed by atoms with van der Waals surface area (Å²) in [5.41, 5.74) is 6.02. The van der Waals surface area contributed by atoms with Gasteiger partial charge in [-0.05, 0) is 25.1 Å². The molecule has 1 heterocycles. The van der Waals surface area contributed by atoms with Crippen LogP contribution in [0.1, 0.15) is 6.92 Å². The van der Waals surface area contributed by atoms with E-state index in [0.29, 0.717) is 18.1 Å². The van der Waals surface area contributed by atoms with E-state index in [1.165, 1.54) is 12.4 Å². The van der Waals surface area contributed by atoms with Gasteiger partial charge in [-0.1, -0.05) is 0 Å². The number of rotatable bonds is 4. The van der Waals surface area contributed by atoms with Gasteiger partial charge in [0.25, 0.3) is 0 Å². The van der Waals surface area contributed by atoms with Gasteiger partial charge in [-0.25, -0.2) is 18.7 Å².